The van der Waals surface area contributed by atoms with E-state index < -0.39 is 0 Å². The number of hydrogen-bond acceptors (Lipinski definition) is 3. The third-order valence-corrected chi connectivity index (χ3v) is 5.84. The van der Waals surface area contributed by atoms with Crippen LogP contribution in [0.25, 0.3) is 0 Å². The van der Waals surface area contributed by atoms with Crippen LogP contribution in [-0.4, -0.2) is 37.0 Å². The number of rotatable bonds is 1. The number of nitrogens with zero attached hydrogens (tertiary/aromatic N) is 1. The van der Waals surface area contributed by atoms with Crippen molar-refractivity contribution in [1.29, 1.82) is 0 Å². The van der Waals surface area contributed by atoms with Crippen LogP contribution in [0.4, 0.5) is 0 Å². The molecule has 0 aliphatic carbocycles. The Morgan fingerprint density at radius 2 is 2.11 bits per heavy atom. The number of thiophene rings is 1. The van der Waals surface area contributed by atoms with E-state index in [0.717, 1.165) is 47.7 Å². The van der Waals surface area contributed by atoms with E-state index in [1.165, 1.54) is 17.8 Å². The van der Waals surface area contributed by atoms with Crippen LogP contribution in [0.2, 0.25) is 0 Å². The molecule has 18 heavy (non-hydrogen) atoms. The number of piperidine rings is 1. The third-order valence-electron chi connectivity index (χ3n) is 4.23. The minimum atomic E-state index is 0.200. The summed E-state index contributed by atoms with van der Waals surface area (Å²) < 4.78 is 1.03. The lowest BCUT2D eigenvalue weighted by molar-refractivity contribution is 0.0612. The molecular formula is C13H17BrN2OS. The number of carbonyl (C=O) groups is 1. The molecule has 3 nitrogen and oxygen atoms in total. The predicted octanol–water partition coefficient (Wildman–Crippen LogP) is 2.73. The van der Waals surface area contributed by atoms with Crippen molar-refractivity contribution in [2.75, 3.05) is 26.2 Å². The summed E-state index contributed by atoms with van der Waals surface area (Å²) >= 11 is 4.94. The zero-order valence-corrected chi connectivity index (χ0v) is 12.6. The van der Waals surface area contributed by atoms with Crippen molar-refractivity contribution in [3.63, 3.8) is 0 Å². The molecule has 2 aliphatic rings. The summed E-state index contributed by atoms with van der Waals surface area (Å²) in [6, 6.07) is 3.86. The maximum Gasteiger partial charge on any atom is 0.263 e. The Balaban J connectivity index is 1.64. The lowest BCUT2D eigenvalue weighted by Gasteiger charge is -2.38. The fourth-order valence-corrected chi connectivity index (χ4v) is 4.35. The fourth-order valence-electron chi connectivity index (χ4n) is 2.99. The summed E-state index contributed by atoms with van der Waals surface area (Å²) in [5.74, 6) is 0.200. The maximum absolute atomic E-state index is 12.3. The SMILES string of the molecule is O=C(c1ccc(Br)s1)N1CCC2(CCNC2)CC1. The summed E-state index contributed by atoms with van der Waals surface area (Å²) in [6.07, 6.45) is 3.58. The Morgan fingerprint density at radius 1 is 1.33 bits per heavy atom. The van der Waals surface area contributed by atoms with Crippen molar-refractivity contribution >= 4 is 33.2 Å². The zero-order valence-electron chi connectivity index (χ0n) is 10.2. The molecule has 0 radical (unpaired) electrons. The van der Waals surface area contributed by atoms with E-state index in [1.54, 1.807) is 0 Å². The molecule has 1 aromatic heterocycles. The second kappa shape index (κ2) is 4.94. The monoisotopic (exact) mass is 328 g/mol. The van der Waals surface area contributed by atoms with E-state index in [-0.39, 0.29) is 5.91 Å². The molecule has 0 saturated carbocycles. The summed E-state index contributed by atoms with van der Waals surface area (Å²) in [5.41, 5.74) is 0.479. The Morgan fingerprint density at radius 3 is 2.67 bits per heavy atom. The normalized spacial score (nSPS) is 22.6. The Kier molecular flexibility index (Phi) is 3.47. The largest absolute Gasteiger partial charge is 0.338 e. The first-order valence-corrected chi connectivity index (χ1v) is 8.05. The number of hydrogen-bond donors (Lipinski definition) is 1. The van der Waals surface area contributed by atoms with E-state index in [4.69, 9.17) is 0 Å². The maximum atomic E-state index is 12.3. The molecule has 3 rings (SSSR count). The summed E-state index contributed by atoms with van der Waals surface area (Å²) in [6.45, 7) is 4.11. The Bertz CT molecular complexity index is 444. The Labute approximate surface area is 120 Å². The molecular weight excluding hydrogens is 312 g/mol. The summed E-state index contributed by atoms with van der Waals surface area (Å²) in [5, 5.41) is 3.45. The molecule has 3 heterocycles. The van der Waals surface area contributed by atoms with Crippen LogP contribution in [0.5, 0.6) is 0 Å². The summed E-state index contributed by atoms with van der Waals surface area (Å²) in [7, 11) is 0. The third kappa shape index (κ3) is 2.36. The molecule has 1 aromatic rings. The van der Waals surface area contributed by atoms with Crippen molar-refractivity contribution in [2.45, 2.75) is 19.3 Å². The predicted molar refractivity (Wildman–Crippen MR) is 77.1 cm³/mol. The highest BCUT2D eigenvalue weighted by Gasteiger charge is 2.38. The average Bonchev–Trinajstić information content (AvgIpc) is 3.00. The van der Waals surface area contributed by atoms with E-state index in [2.05, 4.69) is 21.2 Å². The van der Waals surface area contributed by atoms with Gasteiger partial charge < -0.3 is 10.2 Å². The molecule has 2 fully saturated rings. The van der Waals surface area contributed by atoms with Gasteiger partial charge in [-0.2, -0.15) is 0 Å². The van der Waals surface area contributed by atoms with Crippen molar-refractivity contribution in [3.05, 3.63) is 20.8 Å². The number of carbonyl (C=O) groups excluding carboxylic acids is 1. The minimum Gasteiger partial charge on any atom is -0.338 e. The van der Waals surface area contributed by atoms with Gasteiger partial charge in [0.15, 0.2) is 0 Å². The van der Waals surface area contributed by atoms with E-state index in [1.807, 2.05) is 17.0 Å². The topological polar surface area (TPSA) is 32.3 Å². The van der Waals surface area contributed by atoms with Crippen molar-refractivity contribution in [3.8, 4) is 0 Å². The van der Waals surface area contributed by atoms with Crippen LogP contribution in [0, 0.1) is 5.41 Å². The smallest absolute Gasteiger partial charge is 0.263 e. The van der Waals surface area contributed by atoms with Gasteiger partial charge in [0.25, 0.3) is 5.91 Å². The van der Waals surface area contributed by atoms with Crippen LogP contribution in [0.3, 0.4) is 0 Å². The van der Waals surface area contributed by atoms with Gasteiger partial charge in [-0.15, -0.1) is 11.3 Å². The fraction of sp³-hybridized carbons (Fsp3) is 0.615. The van der Waals surface area contributed by atoms with Gasteiger partial charge in [-0.05, 0) is 59.3 Å². The molecule has 0 atom stereocenters. The molecule has 0 unspecified atom stereocenters. The van der Waals surface area contributed by atoms with E-state index >= 15 is 0 Å². The van der Waals surface area contributed by atoms with Gasteiger partial charge in [0.1, 0.15) is 0 Å². The molecule has 0 aromatic carbocycles. The van der Waals surface area contributed by atoms with Gasteiger partial charge in [-0.3, -0.25) is 4.79 Å². The Hall–Kier alpha value is -0.390. The van der Waals surface area contributed by atoms with Gasteiger partial charge in [-0.25, -0.2) is 0 Å². The second-order valence-electron chi connectivity index (χ2n) is 5.32. The first kappa shape index (κ1) is 12.6. The minimum absolute atomic E-state index is 0.200. The van der Waals surface area contributed by atoms with Gasteiger partial charge in [-0.1, -0.05) is 0 Å². The highest BCUT2D eigenvalue weighted by molar-refractivity contribution is 9.11. The number of amides is 1. The van der Waals surface area contributed by atoms with Gasteiger partial charge >= 0.3 is 0 Å². The molecule has 5 heteroatoms. The molecule has 1 spiro atoms. The molecule has 1 N–H and O–H groups in total. The second-order valence-corrected chi connectivity index (χ2v) is 7.79. The lowest BCUT2D eigenvalue weighted by atomic mass is 9.78. The first-order valence-electron chi connectivity index (χ1n) is 6.44. The highest BCUT2D eigenvalue weighted by atomic mass is 79.9. The van der Waals surface area contributed by atoms with Crippen molar-refractivity contribution < 1.29 is 4.79 Å². The van der Waals surface area contributed by atoms with Crippen molar-refractivity contribution in [2.24, 2.45) is 5.41 Å². The van der Waals surface area contributed by atoms with Crippen LogP contribution in [0.15, 0.2) is 15.9 Å². The zero-order chi connectivity index (χ0) is 12.6. The number of halogens is 1. The summed E-state index contributed by atoms with van der Waals surface area (Å²) in [4.78, 5) is 15.2. The van der Waals surface area contributed by atoms with Crippen LogP contribution in [-0.2, 0) is 0 Å². The molecule has 98 valence electrons. The quantitative estimate of drug-likeness (QED) is 0.859. The van der Waals surface area contributed by atoms with E-state index in [0.29, 0.717) is 5.41 Å². The number of nitrogens with one attached hydrogen (secondary N) is 1. The number of likely N-dealkylation sites (tertiary alicyclic amines) is 1. The average molecular weight is 329 g/mol. The lowest BCUT2D eigenvalue weighted by Crippen LogP contribution is -2.43. The highest BCUT2D eigenvalue weighted by Crippen LogP contribution is 2.37. The van der Waals surface area contributed by atoms with Crippen LogP contribution < -0.4 is 5.32 Å². The van der Waals surface area contributed by atoms with Gasteiger partial charge in [0.2, 0.25) is 0 Å². The van der Waals surface area contributed by atoms with Crippen LogP contribution in [0.1, 0.15) is 28.9 Å². The molecule has 2 saturated heterocycles. The first-order chi connectivity index (χ1) is 8.69. The van der Waals surface area contributed by atoms with E-state index in [9.17, 15) is 4.79 Å². The molecule has 2 aliphatic heterocycles. The van der Waals surface area contributed by atoms with Crippen molar-refractivity contribution in [1.82, 2.24) is 10.2 Å². The van der Waals surface area contributed by atoms with Gasteiger partial charge in [0, 0.05) is 19.6 Å². The van der Waals surface area contributed by atoms with Crippen LogP contribution >= 0.6 is 27.3 Å². The van der Waals surface area contributed by atoms with Gasteiger partial charge in [0.05, 0.1) is 8.66 Å². The standard InChI is InChI=1S/C13H17BrN2OS/c14-11-2-1-10(18-11)12(17)16-7-4-13(5-8-16)3-6-15-9-13/h1-2,15H,3-9H2. The molecule has 0 bridgehead atoms. The molecule has 1 amide bonds.